The van der Waals surface area contributed by atoms with E-state index in [4.69, 9.17) is 4.74 Å². The standard InChI is InChI=1S/C13H15BrO2/c1-13(2)7-8-6-9(16-3)4-5-10(8)11(15)12(13)14/h4-6,12H,7H2,1-3H3. The minimum absolute atomic E-state index is 0.0452. The molecular formula is C13H15BrO2. The maximum absolute atomic E-state index is 12.1. The van der Waals surface area contributed by atoms with Gasteiger partial charge in [-0.25, -0.2) is 0 Å². The Morgan fingerprint density at radius 1 is 1.44 bits per heavy atom. The molecule has 0 amide bonds. The van der Waals surface area contributed by atoms with Crippen molar-refractivity contribution in [2.75, 3.05) is 7.11 Å². The van der Waals surface area contributed by atoms with Crippen molar-refractivity contribution < 1.29 is 9.53 Å². The van der Waals surface area contributed by atoms with E-state index in [0.29, 0.717) is 0 Å². The van der Waals surface area contributed by atoms with E-state index in [1.807, 2.05) is 18.2 Å². The lowest BCUT2D eigenvalue weighted by atomic mass is 9.73. The van der Waals surface area contributed by atoms with E-state index in [2.05, 4.69) is 29.8 Å². The van der Waals surface area contributed by atoms with Crippen LogP contribution in [0.2, 0.25) is 0 Å². The number of hydrogen-bond acceptors (Lipinski definition) is 2. The molecule has 2 nitrogen and oxygen atoms in total. The van der Waals surface area contributed by atoms with Gasteiger partial charge in [-0.05, 0) is 35.6 Å². The van der Waals surface area contributed by atoms with E-state index < -0.39 is 0 Å². The second-order valence-corrected chi connectivity index (χ2v) is 5.83. The van der Waals surface area contributed by atoms with Gasteiger partial charge in [0.05, 0.1) is 11.9 Å². The Kier molecular flexibility index (Phi) is 2.82. The Bertz CT molecular complexity index is 438. The molecule has 0 radical (unpaired) electrons. The molecule has 0 saturated heterocycles. The van der Waals surface area contributed by atoms with Gasteiger partial charge in [-0.15, -0.1) is 0 Å². The Hall–Kier alpha value is -0.830. The molecule has 0 heterocycles. The molecule has 0 saturated carbocycles. The second kappa shape index (κ2) is 3.88. The van der Waals surface area contributed by atoms with Crippen LogP contribution in [0.3, 0.4) is 0 Å². The van der Waals surface area contributed by atoms with Crippen LogP contribution in [0.25, 0.3) is 0 Å². The number of hydrogen-bond donors (Lipinski definition) is 0. The van der Waals surface area contributed by atoms with Crippen LogP contribution in [-0.4, -0.2) is 17.7 Å². The molecule has 0 aromatic heterocycles. The molecule has 1 aromatic rings. The summed E-state index contributed by atoms with van der Waals surface area (Å²) in [4.78, 5) is 12.0. The Morgan fingerprint density at radius 3 is 2.75 bits per heavy atom. The number of ketones is 1. The molecule has 1 aliphatic rings. The average Bonchev–Trinajstić information content (AvgIpc) is 2.25. The number of fused-ring (bicyclic) bond motifs is 1. The topological polar surface area (TPSA) is 26.3 Å². The molecule has 16 heavy (non-hydrogen) atoms. The van der Waals surface area contributed by atoms with Crippen LogP contribution in [-0.2, 0) is 6.42 Å². The summed E-state index contributed by atoms with van der Waals surface area (Å²) >= 11 is 3.50. The van der Waals surface area contributed by atoms with Crippen molar-refractivity contribution >= 4 is 21.7 Å². The molecule has 0 spiro atoms. The normalized spacial score (nSPS) is 22.8. The molecule has 2 rings (SSSR count). The number of carbonyl (C=O) groups excluding carboxylic acids is 1. The van der Waals surface area contributed by atoms with Crippen molar-refractivity contribution in [1.82, 2.24) is 0 Å². The lowest BCUT2D eigenvalue weighted by molar-refractivity contribution is 0.0929. The van der Waals surface area contributed by atoms with Crippen LogP contribution >= 0.6 is 15.9 Å². The fourth-order valence-electron chi connectivity index (χ4n) is 2.16. The van der Waals surface area contributed by atoms with Gasteiger partial charge >= 0.3 is 0 Å². The second-order valence-electron chi connectivity index (χ2n) is 4.92. The number of benzene rings is 1. The molecule has 86 valence electrons. The van der Waals surface area contributed by atoms with Crippen molar-refractivity contribution in [3.8, 4) is 5.75 Å². The highest BCUT2D eigenvalue weighted by Gasteiger charge is 2.39. The van der Waals surface area contributed by atoms with Gasteiger partial charge in [0, 0.05) is 5.56 Å². The number of rotatable bonds is 1. The number of carbonyl (C=O) groups is 1. The van der Waals surface area contributed by atoms with Gasteiger partial charge in [0.15, 0.2) is 5.78 Å². The van der Waals surface area contributed by atoms with Crippen molar-refractivity contribution in [1.29, 1.82) is 0 Å². The SMILES string of the molecule is COc1ccc2c(c1)CC(C)(C)C(Br)C2=O. The summed E-state index contributed by atoms with van der Waals surface area (Å²) in [5, 5.41) is 0. The lowest BCUT2D eigenvalue weighted by Crippen LogP contribution is -2.38. The predicted octanol–water partition coefficient (Wildman–Crippen LogP) is 3.22. The van der Waals surface area contributed by atoms with Crippen molar-refractivity contribution in [2.24, 2.45) is 5.41 Å². The van der Waals surface area contributed by atoms with Crippen molar-refractivity contribution in [2.45, 2.75) is 25.1 Å². The predicted molar refractivity (Wildman–Crippen MR) is 67.5 cm³/mol. The molecular weight excluding hydrogens is 268 g/mol. The molecule has 0 fully saturated rings. The number of methoxy groups -OCH3 is 1. The molecule has 3 heteroatoms. The lowest BCUT2D eigenvalue weighted by Gasteiger charge is -2.35. The van der Waals surface area contributed by atoms with Crippen molar-refractivity contribution in [3.63, 3.8) is 0 Å². The largest absolute Gasteiger partial charge is 0.497 e. The van der Waals surface area contributed by atoms with E-state index in [9.17, 15) is 4.79 Å². The molecule has 1 aliphatic carbocycles. The Morgan fingerprint density at radius 2 is 2.12 bits per heavy atom. The van der Waals surface area contributed by atoms with Crippen LogP contribution < -0.4 is 4.74 Å². The first-order chi connectivity index (χ1) is 7.45. The zero-order chi connectivity index (χ0) is 11.9. The van der Waals surface area contributed by atoms with Gasteiger partial charge in [0.25, 0.3) is 0 Å². The maximum atomic E-state index is 12.1. The van der Waals surface area contributed by atoms with Gasteiger partial charge in [0.2, 0.25) is 0 Å². The fourth-order valence-corrected chi connectivity index (χ4v) is 2.56. The first-order valence-electron chi connectivity index (χ1n) is 5.31. The van der Waals surface area contributed by atoms with Crippen LogP contribution in [0.4, 0.5) is 0 Å². The summed E-state index contributed by atoms with van der Waals surface area (Å²) < 4.78 is 5.19. The van der Waals surface area contributed by atoms with Gasteiger partial charge < -0.3 is 4.74 Å². The summed E-state index contributed by atoms with van der Waals surface area (Å²) in [7, 11) is 1.64. The zero-order valence-corrected chi connectivity index (χ0v) is 11.3. The minimum atomic E-state index is -0.0964. The van der Waals surface area contributed by atoms with Crippen LogP contribution in [0, 0.1) is 5.41 Å². The third-order valence-electron chi connectivity index (χ3n) is 3.14. The summed E-state index contributed by atoms with van der Waals surface area (Å²) in [5.74, 6) is 0.990. The maximum Gasteiger partial charge on any atom is 0.177 e. The fraction of sp³-hybridized carbons (Fsp3) is 0.462. The third kappa shape index (κ3) is 1.77. The Labute approximate surface area is 104 Å². The molecule has 1 aromatic carbocycles. The quantitative estimate of drug-likeness (QED) is 0.740. The average molecular weight is 283 g/mol. The van der Waals surface area contributed by atoms with Crippen molar-refractivity contribution in [3.05, 3.63) is 29.3 Å². The smallest absolute Gasteiger partial charge is 0.177 e. The van der Waals surface area contributed by atoms with Crippen LogP contribution in [0.15, 0.2) is 18.2 Å². The number of alkyl halides is 1. The van der Waals surface area contributed by atoms with E-state index >= 15 is 0 Å². The molecule has 0 bridgehead atoms. The third-order valence-corrected chi connectivity index (χ3v) is 4.80. The summed E-state index contributed by atoms with van der Waals surface area (Å²) in [6.07, 6.45) is 0.890. The van der Waals surface area contributed by atoms with Gasteiger partial charge in [0.1, 0.15) is 5.75 Å². The monoisotopic (exact) mass is 282 g/mol. The molecule has 1 atom stereocenters. The van der Waals surface area contributed by atoms with E-state index in [0.717, 1.165) is 23.3 Å². The summed E-state index contributed by atoms with van der Waals surface area (Å²) in [5.41, 5.74) is 1.86. The van der Waals surface area contributed by atoms with E-state index in [1.165, 1.54) is 0 Å². The first-order valence-corrected chi connectivity index (χ1v) is 6.22. The number of ether oxygens (including phenoxy) is 1. The molecule has 1 unspecified atom stereocenters. The van der Waals surface area contributed by atoms with Gasteiger partial charge in [-0.1, -0.05) is 29.8 Å². The minimum Gasteiger partial charge on any atom is -0.497 e. The highest BCUT2D eigenvalue weighted by atomic mass is 79.9. The summed E-state index contributed by atoms with van der Waals surface area (Å²) in [6.45, 7) is 4.21. The van der Waals surface area contributed by atoms with E-state index in [-0.39, 0.29) is 16.0 Å². The number of Topliss-reactive ketones (excluding diaryl/α,β-unsaturated/α-hetero) is 1. The highest BCUT2D eigenvalue weighted by molar-refractivity contribution is 9.10. The Balaban J connectivity index is 2.51. The van der Waals surface area contributed by atoms with Crippen LogP contribution in [0.1, 0.15) is 29.8 Å². The van der Waals surface area contributed by atoms with Gasteiger partial charge in [-0.2, -0.15) is 0 Å². The number of halogens is 1. The highest BCUT2D eigenvalue weighted by Crippen LogP contribution is 2.40. The van der Waals surface area contributed by atoms with Crippen LogP contribution in [0.5, 0.6) is 5.75 Å². The van der Waals surface area contributed by atoms with Gasteiger partial charge in [-0.3, -0.25) is 4.79 Å². The zero-order valence-electron chi connectivity index (χ0n) is 9.71. The molecule has 0 N–H and O–H groups in total. The molecule has 0 aliphatic heterocycles. The van der Waals surface area contributed by atoms with E-state index in [1.54, 1.807) is 7.11 Å². The first kappa shape index (κ1) is 11.6. The summed E-state index contributed by atoms with van der Waals surface area (Å²) in [6, 6.07) is 5.67.